The SMILES string of the molecule is CCC(=O)C(C(=O)CC)N(C)C(=O)c1ccc(C#CC#Cc2ccc(CO)o2)cc1. The van der Waals surface area contributed by atoms with Crippen LogP contribution in [0.5, 0.6) is 0 Å². The molecule has 0 atom stereocenters. The summed E-state index contributed by atoms with van der Waals surface area (Å²) >= 11 is 0. The quantitative estimate of drug-likeness (QED) is 0.565. The fourth-order valence-corrected chi connectivity index (χ4v) is 2.74. The van der Waals surface area contributed by atoms with Crippen LogP contribution in [0.15, 0.2) is 40.8 Å². The van der Waals surface area contributed by atoms with Crippen molar-refractivity contribution in [3.63, 3.8) is 0 Å². The Hall–Kier alpha value is -3.61. The van der Waals surface area contributed by atoms with E-state index < -0.39 is 11.9 Å². The van der Waals surface area contributed by atoms with Crippen LogP contribution in [-0.2, 0) is 16.2 Å². The maximum atomic E-state index is 12.7. The van der Waals surface area contributed by atoms with Gasteiger partial charge >= 0.3 is 0 Å². The summed E-state index contributed by atoms with van der Waals surface area (Å²) in [6.45, 7) is 3.16. The second kappa shape index (κ2) is 10.8. The van der Waals surface area contributed by atoms with E-state index in [-0.39, 0.29) is 31.0 Å². The highest BCUT2D eigenvalue weighted by Gasteiger charge is 2.31. The van der Waals surface area contributed by atoms with Crippen LogP contribution in [-0.4, -0.2) is 40.6 Å². The number of benzene rings is 1. The largest absolute Gasteiger partial charge is 0.450 e. The molecule has 1 heterocycles. The van der Waals surface area contributed by atoms with Crippen LogP contribution in [0.25, 0.3) is 0 Å². The minimum atomic E-state index is -1.06. The van der Waals surface area contributed by atoms with E-state index in [0.717, 1.165) is 0 Å². The molecule has 30 heavy (non-hydrogen) atoms. The number of nitrogens with zero attached hydrogens (tertiary/aromatic N) is 1. The van der Waals surface area contributed by atoms with Gasteiger partial charge in [0.15, 0.2) is 17.3 Å². The van der Waals surface area contributed by atoms with Gasteiger partial charge in [-0.1, -0.05) is 19.8 Å². The molecular formula is C24H23NO5. The van der Waals surface area contributed by atoms with Gasteiger partial charge in [0, 0.05) is 31.0 Å². The Bertz CT molecular complexity index is 1020. The summed E-state index contributed by atoms with van der Waals surface area (Å²) < 4.78 is 5.24. The van der Waals surface area contributed by atoms with Crippen LogP contribution in [0.1, 0.15) is 54.1 Å². The van der Waals surface area contributed by atoms with E-state index in [9.17, 15) is 14.4 Å². The number of likely N-dealkylation sites (N-methyl/N-ethyl adjacent to an activating group) is 1. The molecule has 0 aliphatic carbocycles. The number of carbonyl (C=O) groups excluding carboxylic acids is 3. The van der Waals surface area contributed by atoms with E-state index in [2.05, 4.69) is 23.7 Å². The van der Waals surface area contributed by atoms with Gasteiger partial charge in [-0.2, -0.15) is 0 Å². The van der Waals surface area contributed by atoms with E-state index in [1.165, 1.54) is 11.9 Å². The van der Waals surface area contributed by atoms with Crippen LogP contribution in [0, 0.1) is 23.7 Å². The van der Waals surface area contributed by atoms with Crippen molar-refractivity contribution >= 4 is 17.5 Å². The number of rotatable bonds is 7. The highest BCUT2D eigenvalue weighted by Crippen LogP contribution is 2.12. The van der Waals surface area contributed by atoms with Gasteiger partial charge in [0.1, 0.15) is 18.4 Å². The Morgan fingerprint density at radius 2 is 1.57 bits per heavy atom. The molecule has 0 aliphatic rings. The monoisotopic (exact) mass is 405 g/mol. The lowest BCUT2D eigenvalue weighted by molar-refractivity contribution is -0.132. The third kappa shape index (κ3) is 5.70. The van der Waals surface area contributed by atoms with Crippen molar-refractivity contribution in [1.29, 1.82) is 0 Å². The predicted octanol–water partition coefficient (Wildman–Crippen LogP) is 2.57. The summed E-state index contributed by atoms with van der Waals surface area (Å²) in [5.74, 6) is 10.8. The van der Waals surface area contributed by atoms with Crippen molar-refractivity contribution in [3.8, 4) is 23.7 Å². The molecule has 1 amide bonds. The Labute approximate surface area is 175 Å². The first kappa shape index (κ1) is 22.7. The standard InChI is InChI=1S/C24H23NO5/c1-4-21(27)23(22(28)5-2)25(3)24(29)18-12-10-17(11-13-18)8-6-7-9-19-14-15-20(16-26)30-19/h10-15,23,26H,4-5,16H2,1-3H3. The first-order valence-electron chi connectivity index (χ1n) is 9.55. The molecule has 1 aromatic heterocycles. The zero-order valence-corrected chi connectivity index (χ0v) is 17.2. The van der Waals surface area contributed by atoms with Crippen molar-refractivity contribution in [2.75, 3.05) is 7.05 Å². The number of aliphatic hydroxyl groups is 1. The van der Waals surface area contributed by atoms with Gasteiger partial charge in [-0.25, -0.2) is 0 Å². The number of furan rings is 1. The molecule has 1 N–H and O–H groups in total. The van der Waals surface area contributed by atoms with E-state index in [4.69, 9.17) is 9.52 Å². The molecule has 0 spiro atoms. The maximum absolute atomic E-state index is 12.7. The van der Waals surface area contributed by atoms with Crippen LogP contribution < -0.4 is 0 Å². The number of hydrogen-bond acceptors (Lipinski definition) is 5. The molecule has 6 heteroatoms. The van der Waals surface area contributed by atoms with Crippen molar-refractivity contribution in [2.24, 2.45) is 0 Å². The maximum Gasteiger partial charge on any atom is 0.254 e. The average Bonchev–Trinajstić information content (AvgIpc) is 3.24. The van der Waals surface area contributed by atoms with Gasteiger partial charge < -0.3 is 14.4 Å². The topological polar surface area (TPSA) is 87.8 Å². The van der Waals surface area contributed by atoms with E-state index >= 15 is 0 Å². The summed E-state index contributed by atoms with van der Waals surface area (Å²) in [4.78, 5) is 38.2. The zero-order valence-electron chi connectivity index (χ0n) is 17.2. The Morgan fingerprint density at radius 3 is 2.10 bits per heavy atom. The minimum Gasteiger partial charge on any atom is -0.450 e. The normalized spacial score (nSPS) is 9.90. The lowest BCUT2D eigenvalue weighted by atomic mass is 10.0. The van der Waals surface area contributed by atoms with Crippen molar-refractivity contribution < 1.29 is 23.9 Å². The molecule has 0 fully saturated rings. The lowest BCUT2D eigenvalue weighted by Gasteiger charge is -2.25. The smallest absolute Gasteiger partial charge is 0.254 e. The first-order valence-corrected chi connectivity index (χ1v) is 9.55. The first-order chi connectivity index (χ1) is 14.4. The van der Waals surface area contributed by atoms with Crippen molar-refractivity contribution in [2.45, 2.75) is 39.3 Å². The Morgan fingerprint density at radius 1 is 0.967 bits per heavy atom. The lowest BCUT2D eigenvalue weighted by Crippen LogP contribution is -2.47. The van der Waals surface area contributed by atoms with Crippen molar-refractivity contribution in [3.05, 3.63) is 59.0 Å². The number of Topliss-reactive ketones (excluding diaryl/α,β-unsaturated/α-hetero) is 2. The fraction of sp³-hybridized carbons (Fsp3) is 0.292. The van der Waals surface area contributed by atoms with Gasteiger partial charge in [0.2, 0.25) is 0 Å². The van der Waals surface area contributed by atoms with Gasteiger partial charge in [-0.3, -0.25) is 14.4 Å². The molecule has 0 saturated heterocycles. The average molecular weight is 405 g/mol. The summed E-state index contributed by atoms with van der Waals surface area (Å²) in [7, 11) is 1.47. The van der Waals surface area contributed by atoms with Crippen LogP contribution >= 0.6 is 0 Å². The number of ketones is 2. The van der Waals surface area contributed by atoms with E-state index in [0.29, 0.717) is 22.6 Å². The predicted molar refractivity (Wildman–Crippen MR) is 111 cm³/mol. The zero-order chi connectivity index (χ0) is 22.1. The molecule has 2 aromatic rings. The molecule has 1 aromatic carbocycles. The van der Waals surface area contributed by atoms with Gasteiger partial charge in [-0.15, -0.1) is 0 Å². The minimum absolute atomic E-state index is 0.183. The number of amides is 1. The van der Waals surface area contributed by atoms with E-state index in [1.54, 1.807) is 50.2 Å². The third-order valence-corrected chi connectivity index (χ3v) is 4.42. The summed E-state index contributed by atoms with van der Waals surface area (Å²) in [5.41, 5.74) is 1.02. The molecule has 154 valence electrons. The summed E-state index contributed by atoms with van der Waals surface area (Å²) in [5, 5.41) is 8.95. The van der Waals surface area contributed by atoms with Gasteiger partial charge in [-0.05, 0) is 54.2 Å². The van der Waals surface area contributed by atoms with Gasteiger partial charge in [0.25, 0.3) is 5.91 Å². The molecule has 0 unspecified atom stereocenters. The number of carbonyl (C=O) groups is 3. The van der Waals surface area contributed by atoms with Crippen LogP contribution in [0.2, 0.25) is 0 Å². The molecular weight excluding hydrogens is 382 g/mol. The van der Waals surface area contributed by atoms with Gasteiger partial charge in [0.05, 0.1) is 0 Å². The second-order valence-electron chi connectivity index (χ2n) is 6.46. The molecule has 0 radical (unpaired) electrons. The number of hydrogen-bond donors (Lipinski definition) is 1. The van der Waals surface area contributed by atoms with Crippen LogP contribution in [0.4, 0.5) is 0 Å². The summed E-state index contributed by atoms with van der Waals surface area (Å²) in [6.07, 6.45) is 0.367. The highest BCUT2D eigenvalue weighted by atomic mass is 16.4. The van der Waals surface area contributed by atoms with Crippen molar-refractivity contribution in [1.82, 2.24) is 4.90 Å². The molecule has 2 rings (SSSR count). The second-order valence-corrected chi connectivity index (χ2v) is 6.46. The number of aliphatic hydroxyl groups excluding tert-OH is 1. The Kier molecular flexibility index (Phi) is 8.17. The molecule has 0 bridgehead atoms. The Balaban J connectivity index is 2.10. The molecule has 0 saturated carbocycles. The highest BCUT2D eigenvalue weighted by molar-refractivity contribution is 6.10. The molecule has 6 nitrogen and oxygen atoms in total. The molecule has 0 aliphatic heterocycles. The van der Waals surface area contributed by atoms with Crippen LogP contribution in [0.3, 0.4) is 0 Å². The third-order valence-electron chi connectivity index (χ3n) is 4.42. The summed E-state index contributed by atoms with van der Waals surface area (Å²) in [6, 6.07) is 8.76. The van der Waals surface area contributed by atoms with E-state index in [1.807, 2.05) is 0 Å². The fourth-order valence-electron chi connectivity index (χ4n) is 2.74.